The van der Waals surface area contributed by atoms with Crippen LogP contribution in [0.1, 0.15) is 18.0 Å². The lowest BCUT2D eigenvalue weighted by molar-refractivity contribution is 0.754. The van der Waals surface area contributed by atoms with Crippen LogP contribution in [0.2, 0.25) is 0 Å². The Kier molecular flexibility index (Phi) is 4.74. The lowest BCUT2D eigenvalue weighted by atomic mass is 10.2. The summed E-state index contributed by atoms with van der Waals surface area (Å²) in [5.74, 6) is 0.606. The van der Waals surface area contributed by atoms with Gasteiger partial charge in [-0.15, -0.1) is 27.8 Å². The van der Waals surface area contributed by atoms with E-state index in [1.165, 1.54) is 23.1 Å². The van der Waals surface area contributed by atoms with Crippen LogP contribution in [0.4, 0.5) is 0 Å². The van der Waals surface area contributed by atoms with Crippen LogP contribution in [-0.4, -0.2) is 30.2 Å². The van der Waals surface area contributed by atoms with Crippen LogP contribution in [0.5, 0.6) is 0 Å². The maximum Gasteiger partial charge on any atom is 0.260 e. The van der Waals surface area contributed by atoms with Crippen molar-refractivity contribution in [3.05, 3.63) is 69.4 Å². The molecule has 0 radical (unpaired) electrons. The fraction of sp³-hybridized carbons (Fsp3) is 0.105. The third kappa shape index (κ3) is 3.39. The predicted molar refractivity (Wildman–Crippen MR) is 117 cm³/mol. The lowest BCUT2D eigenvalue weighted by Crippen LogP contribution is -2.12. The first kappa shape index (κ1) is 18.2. The fourth-order valence-electron chi connectivity index (χ4n) is 2.97. The minimum atomic E-state index is -0.132. The number of benzene rings is 1. The molecule has 1 aromatic carbocycles. The summed E-state index contributed by atoms with van der Waals surface area (Å²) < 4.78 is 1.68. The van der Waals surface area contributed by atoms with E-state index in [0.717, 1.165) is 21.0 Å². The maximum atomic E-state index is 12.8. The zero-order valence-corrected chi connectivity index (χ0v) is 17.6. The number of hydrogen-bond acceptors (Lipinski definition) is 8. The largest absolute Gasteiger partial charge is 0.309 e. The van der Waals surface area contributed by atoms with Crippen molar-refractivity contribution in [3.8, 4) is 16.1 Å². The molecule has 10 heteroatoms. The number of aromatic amines is 1. The maximum absolute atomic E-state index is 12.8. The Labute approximate surface area is 177 Å². The van der Waals surface area contributed by atoms with Gasteiger partial charge in [-0.3, -0.25) is 4.79 Å². The Morgan fingerprint density at radius 1 is 1.14 bits per heavy atom. The van der Waals surface area contributed by atoms with Gasteiger partial charge in [0.05, 0.1) is 16.3 Å². The van der Waals surface area contributed by atoms with E-state index in [4.69, 9.17) is 4.98 Å². The summed E-state index contributed by atoms with van der Waals surface area (Å²) in [6.45, 7) is 1.98. The Balaban J connectivity index is 1.48. The number of nitrogens with zero attached hydrogens (tertiary/aromatic N) is 5. The second-order valence-electron chi connectivity index (χ2n) is 6.23. The zero-order valence-electron chi connectivity index (χ0n) is 15.1. The molecule has 0 aliphatic rings. The van der Waals surface area contributed by atoms with E-state index in [-0.39, 0.29) is 10.8 Å². The monoisotopic (exact) mass is 438 g/mol. The van der Waals surface area contributed by atoms with Crippen LogP contribution >= 0.6 is 34.4 Å². The van der Waals surface area contributed by atoms with Gasteiger partial charge >= 0.3 is 0 Å². The van der Waals surface area contributed by atoms with Crippen molar-refractivity contribution in [1.29, 1.82) is 0 Å². The Morgan fingerprint density at radius 2 is 2.00 bits per heavy atom. The zero-order chi connectivity index (χ0) is 19.8. The summed E-state index contributed by atoms with van der Waals surface area (Å²) in [5.41, 5.74) is 1.70. The fourth-order valence-corrected chi connectivity index (χ4v) is 5.60. The van der Waals surface area contributed by atoms with Crippen molar-refractivity contribution in [1.82, 2.24) is 30.2 Å². The third-order valence-electron chi connectivity index (χ3n) is 4.36. The number of tetrazole rings is 1. The molecule has 144 valence electrons. The highest BCUT2D eigenvalue weighted by atomic mass is 32.2. The molecule has 7 nitrogen and oxygen atoms in total. The first-order valence-electron chi connectivity index (χ1n) is 8.76. The van der Waals surface area contributed by atoms with Crippen LogP contribution in [0, 0.1) is 0 Å². The molecule has 0 spiro atoms. The first-order valence-corrected chi connectivity index (χ1v) is 11.4. The number of H-pyrrole nitrogens is 1. The van der Waals surface area contributed by atoms with Gasteiger partial charge in [-0.25, -0.2) is 4.98 Å². The van der Waals surface area contributed by atoms with Crippen molar-refractivity contribution >= 4 is 44.7 Å². The predicted octanol–water partition coefficient (Wildman–Crippen LogP) is 4.54. The van der Waals surface area contributed by atoms with Gasteiger partial charge in [-0.05, 0) is 40.9 Å². The minimum Gasteiger partial charge on any atom is -0.309 e. The van der Waals surface area contributed by atoms with Gasteiger partial charge in [0.15, 0.2) is 0 Å². The SMILES string of the molecule is CC(Sc1nnnn1-c1ccccc1)c1nc2scc(-c3cccs3)c2c(=O)[nH]1. The molecule has 4 heterocycles. The molecule has 0 aliphatic carbocycles. The van der Waals surface area contributed by atoms with Crippen molar-refractivity contribution in [3.63, 3.8) is 0 Å². The van der Waals surface area contributed by atoms with Crippen LogP contribution in [0.25, 0.3) is 26.3 Å². The van der Waals surface area contributed by atoms with Crippen molar-refractivity contribution in [2.24, 2.45) is 0 Å². The standard InChI is InChI=1S/C19H14N6OS3/c1-11(29-19-22-23-24-25(19)12-6-3-2-4-7-12)16-20-17(26)15-13(10-28-18(15)21-16)14-8-5-9-27-14/h2-11H,1H3,(H,20,21,26). The van der Waals surface area contributed by atoms with Gasteiger partial charge in [-0.2, -0.15) is 4.68 Å². The number of nitrogens with one attached hydrogen (secondary N) is 1. The number of para-hydroxylation sites is 1. The van der Waals surface area contributed by atoms with Gasteiger partial charge in [0, 0.05) is 15.8 Å². The van der Waals surface area contributed by atoms with E-state index in [0.29, 0.717) is 16.4 Å². The van der Waals surface area contributed by atoms with Crippen LogP contribution < -0.4 is 5.56 Å². The van der Waals surface area contributed by atoms with Gasteiger partial charge in [0.2, 0.25) is 5.16 Å². The van der Waals surface area contributed by atoms with Crippen LogP contribution in [-0.2, 0) is 0 Å². The molecule has 1 unspecified atom stereocenters. The Hall–Kier alpha value is -2.82. The summed E-state index contributed by atoms with van der Waals surface area (Å²) in [5, 5.41) is 17.2. The normalized spacial score (nSPS) is 12.4. The molecule has 4 aromatic heterocycles. The summed E-state index contributed by atoms with van der Waals surface area (Å²) in [6, 6.07) is 13.7. The van der Waals surface area contributed by atoms with E-state index in [1.54, 1.807) is 16.0 Å². The molecule has 0 saturated heterocycles. The summed E-state index contributed by atoms with van der Waals surface area (Å²) >= 11 is 4.55. The summed E-state index contributed by atoms with van der Waals surface area (Å²) in [4.78, 5) is 22.3. The van der Waals surface area contributed by atoms with Crippen molar-refractivity contribution in [2.45, 2.75) is 17.3 Å². The third-order valence-corrected chi connectivity index (χ3v) is 7.18. The van der Waals surface area contributed by atoms with Crippen molar-refractivity contribution in [2.75, 3.05) is 0 Å². The smallest absolute Gasteiger partial charge is 0.260 e. The number of rotatable bonds is 5. The molecule has 29 heavy (non-hydrogen) atoms. The molecule has 0 amide bonds. The van der Waals surface area contributed by atoms with Crippen molar-refractivity contribution < 1.29 is 0 Å². The number of fused-ring (bicyclic) bond motifs is 1. The molecule has 0 bridgehead atoms. The van der Waals surface area contributed by atoms with E-state index in [9.17, 15) is 4.79 Å². The second kappa shape index (κ2) is 7.54. The highest BCUT2D eigenvalue weighted by molar-refractivity contribution is 7.99. The average Bonchev–Trinajstić information content (AvgIpc) is 3.48. The molecular weight excluding hydrogens is 424 g/mol. The molecule has 1 atom stereocenters. The molecule has 0 saturated carbocycles. The molecular formula is C19H14N6OS3. The van der Waals surface area contributed by atoms with Crippen LogP contribution in [0.3, 0.4) is 0 Å². The second-order valence-corrected chi connectivity index (χ2v) is 9.34. The van der Waals surface area contributed by atoms with Gasteiger partial charge < -0.3 is 4.98 Å². The molecule has 5 rings (SSSR count). The van der Waals surface area contributed by atoms with E-state index >= 15 is 0 Å². The van der Waals surface area contributed by atoms with Crippen LogP contribution in [0.15, 0.2) is 63.2 Å². The number of thioether (sulfide) groups is 1. The lowest BCUT2D eigenvalue weighted by Gasteiger charge is -2.10. The van der Waals surface area contributed by atoms with Gasteiger partial charge in [0.25, 0.3) is 5.56 Å². The number of aromatic nitrogens is 6. The minimum absolute atomic E-state index is 0.121. The Bertz CT molecular complexity index is 1320. The quantitative estimate of drug-likeness (QED) is 0.405. The highest BCUT2D eigenvalue weighted by Gasteiger charge is 2.19. The number of hydrogen-bond donors (Lipinski definition) is 1. The molecule has 0 fully saturated rings. The summed E-state index contributed by atoms with van der Waals surface area (Å²) in [7, 11) is 0. The van der Waals surface area contributed by atoms with E-state index in [1.807, 2.05) is 60.1 Å². The molecule has 1 N–H and O–H groups in total. The van der Waals surface area contributed by atoms with Gasteiger partial charge in [-0.1, -0.05) is 36.0 Å². The molecule has 5 aromatic rings. The van der Waals surface area contributed by atoms with E-state index in [2.05, 4.69) is 20.5 Å². The number of thiophene rings is 2. The topological polar surface area (TPSA) is 89.3 Å². The van der Waals surface area contributed by atoms with E-state index < -0.39 is 0 Å². The Morgan fingerprint density at radius 3 is 2.79 bits per heavy atom. The average molecular weight is 439 g/mol. The highest BCUT2D eigenvalue weighted by Crippen LogP contribution is 2.36. The first-order chi connectivity index (χ1) is 14.2. The summed E-state index contributed by atoms with van der Waals surface area (Å²) in [6.07, 6.45) is 0. The molecule has 0 aliphatic heterocycles. The van der Waals surface area contributed by atoms with Gasteiger partial charge in [0.1, 0.15) is 10.7 Å².